The predicted molar refractivity (Wildman–Crippen MR) is 255 cm³/mol. The van der Waals surface area contributed by atoms with E-state index in [0.717, 1.165) is 39.0 Å². The monoisotopic (exact) mass is 793 g/mol. The Hall–Kier alpha value is -8.15. The molecule has 0 radical (unpaired) electrons. The summed E-state index contributed by atoms with van der Waals surface area (Å²) in [5.74, 6) is 2.15. The maximum atomic E-state index is 5.20. The van der Waals surface area contributed by atoms with Crippen molar-refractivity contribution in [3.05, 3.63) is 230 Å². The number of aromatic nitrogens is 4. The van der Waals surface area contributed by atoms with Crippen molar-refractivity contribution in [2.75, 3.05) is 4.90 Å². The van der Waals surface area contributed by atoms with Gasteiger partial charge in [0.15, 0.2) is 17.5 Å². The largest absolute Gasteiger partial charge is 0.332 e. The van der Waals surface area contributed by atoms with E-state index in [2.05, 4.69) is 216 Å². The van der Waals surface area contributed by atoms with E-state index >= 15 is 0 Å². The highest BCUT2D eigenvalue weighted by Gasteiger charge is 2.39. The molecule has 5 heteroatoms. The fraction of sp³-hybridized carbons (Fsp3) is 0.0351. The summed E-state index contributed by atoms with van der Waals surface area (Å²) in [7, 11) is 0. The summed E-state index contributed by atoms with van der Waals surface area (Å²) in [6.45, 7) is 0. The average Bonchev–Trinajstić information content (AvgIpc) is 3.87. The molecule has 12 rings (SSSR count). The standard InChI is InChI=1S/C57H39N5/c1-3-17-38(18-4-1)44-27-16-28-45(54(44)62-52-31-13-9-25-48(52)49-26-10-14-32-53(49)62)39-33-35-41(36-34-39)56-58-55(40-19-5-2-6-20-40)59-57(60-56)42-21-15-22-43(37-42)61-50-29-11-7-23-46(50)47-24-8-12-30-51(47)61/h1-37,48,52H. The quantitative estimate of drug-likeness (QED) is 0.161. The zero-order valence-corrected chi connectivity index (χ0v) is 33.8. The second kappa shape index (κ2) is 14.8. The van der Waals surface area contributed by atoms with Gasteiger partial charge in [-0.15, -0.1) is 0 Å². The zero-order valence-electron chi connectivity index (χ0n) is 33.8. The second-order valence-corrected chi connectivity index (χ2v) is 16.0. The van der Waals surface area contributed by atoms with Gasteiger partial charge < -0.3 is 9.47 Å². The first-order chi connectivity index (χ1) is 30.8. The van der Waals surface area contributed by atoms with E-state index in [1.165, 1.54) is 44.4 Å². The molecule has 62 heavy (non-hydrogen) atoms. The van der Waals surface area contributed by atoms with Crippen LogP contribution in [-0.4, -0.2) is 25.6 Å². The van der Waals surface area contributed by atoms with Crippen molar-refractivity contribution in [2.24, 2.45) is 0 Å². The van der Waals surface area contributed by atoms with E-state index in [-0.39, 0.29) is 12.0 Å². The molecule has 2 atom stereocenters. The van der Waals surface area contributed by atoms with E-state index in [4.69, 9.17) is 15.0 Å². The number of para-hydroxylation sites is 4. The third-order valence-electron chi connectivity index (χ3n) is 12.4. The van der Waals surface area contributed by atoms with Crippen LogP contribution in [0.3, 0.4) is 0 Å². The molecule has 1 aliphatic heterocycles. The Morgan fingerprint density at radius 3 is 1.58 bits per heavy atom. The average molecular weight is 794 g/mol. The van der Waals surface area contributed by atoms with E-state index in [9.17, 15) is 0 Å². The van der Waals surface area contributed by atoms with Crippen LogP contribution in [0.5, 0.6) is 0 Å². The Morgan fingerprint density at radius 2 is 0.887 bits per heavy atom. The lowest BCUT2D eigenvalue weighted by Gasteiger charge is -2.32. The summed E-state index contributed by atoms with van der Waals surface area (Å²) in [5.41, 5.74) is 14.6. The Labute approximate surface area is 360 Å². The van der Waals surface area contributed by atoms with Crippen LogP contribution in [-0.2, 0) is 0 Å². The van der Waals surface area contributed by atoms with Crippen LogP contribution in [0.4, 0.5) is 11.4 Å². The van der Waals surface area contributed by atoms with Gasteiger partial charge in [0, 0.05) is 55.9 Å². The molecule has 0 bridgehead atoms. The fourth-order valence-electron chi connectivity index (χ4n) is 9.57. The maximum Gasteiger partial charge on any atom is 0.164 e. The van der Waals surface area contributed by atoms with Gasteiger partial charge in [-0.25, -0.2) is 15.0 Å². The first-order valence-electron chi connectivity index (χ1n) is 21.2. The van der Waals surface area contributed by atoms with Crippen LogP contribution in [0.1, 0.15) is 11.5 Å². The van der Waals surface area contributed by atoms with Gasteiger partial charge in [0.25, 0.3) is 0 Å². The minimum atomic E-state index is 0.161. The molecular weight excluding hydrogens is 755 g/mol. The number of hydrogen-bond acceptors (Lipinski definition) is 4. The lowest BCUT2D eigenvalue weighted by molar-refractivity contribution is 0.745. The summed E-state index contributed by atoms with van der Waals surface area (Å²) in [4.78, 5) is 18.0. The third-order valence-corrected chi connectivity index (χ3v) is 12.4. The lowest BCUT2D eigenvalue weighted by atomic mass is 9.90. The SMILES string of the molecule is C1=CC2c3ccccc3N(c3c(-c4ccccc4)cccc3-c3ccc(-c4nc(-c5ccccc5)nc(-c5cccc(-n6c7ccccc7c7ccccc76)c5)n4)cc3)C2C=C1. The molecule has 2 aromatic heterocycles. The van der Waals surface area contributed by atoms with E-state index < -0.39 is 0 Å². The highest BCUT2D eigenvalue weighted by Crippen LogP contribution is 2.52. The smallest absolute Gasteiger partial charge is 0.164 e. The number of fused-ring (bicyclic) bond motifs is 6. The van der Waals surface area contributed by atoms with Crippen LogP contribution in [0.2, 0.25) is 0 Å². The molecule has 2 aliphatic rings. The molecule has 292 valence electrons. The Morgan fingerprint density at radius 1 is 0.387 bits per heavy atom. The summed E-state index contributed by atoms with van der Waals surface area (Å²) < 4.78 is 2.33. The number of hydrogen-bond donors (Lipinski definition) is 0. The lowest BCUT2D eigenvalue weighted by Crippen LogP contribution is -2.29. The number of rotatable bonds is 7. The van der Waals surface area contributed by atoms with Crippen molar-refractivity contribution in [1.82, 2.24) is 19.5 Å². The van der Waals surface area contributed by atoms with Gasteiger partial charge in [-0.1, -0.05) is 194 Å². The molecular formula is C57H39N5. The molecule has 8 aromatic carbocycles. The fourth-order valence-corrected chi connectivity index (χ4v) is 9.57. The topological polar surface area (TPSA) is 46.8 Å². The Kier molecular flexibility index (Phi) is 8.56. The molecule has 0 saturated heterocycles. The van der Waals surface area contributed by atoms with Gasteiger partial charge >= 0.3 is 0 Å². The molecule has 2 unspecified atom stereocenters. The molecule has 3 heterocycles. The maximum absolute atomic E-state index is 5.20. The molecule has 0 amide bonds. The minimum Gasteiger partial charge on any atom is -0.332 e. The number of anilines is 2. The molecule has 0 fully saturated rings. The molecule has 5 nitrogen and oxygen atoms in total. The van der Waals surface area contributed by atoms with Crippen LogP contribution >= 0.6 is 0 Å². The highest BCUT2D eigenvalue weighted by atomic mass is 15.2. The zero-order chi connectivity index (χ0) is 41.0. The van der Waals surface area contributed by atoms with Gasteiger partial charge in [-0.3, -0.25) is 0 Å². The van der Waals surface area contributed by atoms with Crippen molar-refractivity contribution >= 4 is 33.2 Å². The van der Waals surface area contributed by atoms with Crippen LogP contribution < -0.4 is 4.90 Å². The van der Waals surface area contributed by atoms with Crippen LogP contribution in [0.25, 0.3) is 83.9 Å². The van der Waals surface area contributed by atoms with Gasteiger partial charge in [0.1, 0.15) is 0 Å². The van der Waals surface area contributed by atoms with E-state index in [0.29, 0.717) is 17.5 Å². The van der Waals surface area contributed by atoms with Crippen LogP contribution in [0.15, 0.2) is 224 Å². The van der Waals surface area contributed by atoms with Crippen molar-refractivity contribution in [3.8, 4) is 62.1 Å². The van der Waals surface area contributed by atoms with Crippen molar-refractivity contribution in [1.29, 1.82) is 0 Å². The Balaban J connectivity index is 0.984. The van der Waals surface area contributed by atoms with Gasteiger partial charge in [0.05, 0.1) is 22.8 Å². The van der Waals surface area contributed by atoms with Gasteiger partial charge in [0.2, 0.25) is 0 Å². The molecule has 0 spiro atoms. The van der Waals surface area contributed by atoms with Gasteiger partial charge in [-0.05, 0) is 47.0 Å². The number of nitrogens with zero attached hydrogens (tertiary/aromatic N) is 5. The first kappa shape index (κ1) is 35.8. The van der Waals surface area contributed by atoms with Crippen molar-refractivity contribution < 1.29 is 0 Å². The Bertz CT molecular complexity index is 3310. The van der Waals surface area contributed by atoms with Gasteiger partial charge in [-0.2, -0.15) is 0 Å². The van der Waals surface area contributed by atoms with Crippen molar-refractivity contribution in [2.45, 2.75) is 12.0 Å². The minimum absolute atomic E-state index is 0.161. The highest BCUT2D eigenvalue weighted by molar-refractivity contribution is 6.09. The van der Waals surface area contributed by atoms with Crippen molar-refractivity contribution in [3.63, 3.8) is 0 Å². The first-order valence-corrected chi connectivity index (χ1v) is 21.2. The molecule has 0 saturated carbocycles. The predicted octanol–water partition coefficient (Wildman–Crippen LogP) is 14.0. The molecule has 10 aromatic rings. The normalized spacial score (nSPS) is 15.3. The molecule has 0 N–H and O–H groups in total. The summed E-state index contributed by atoms with van der Waals surface area (Å²) in [6.07, 6.45) is 9.06. The number of allylic oxidation sites excluding steroid dienone is 2. The number of benzene rings is 8. The van der Waals surface area contributed by atoms with E-state index in [1.807, 2.05) is 18.2 Å². The summed E-state index contributed by atoms with van der Waals surface area (Å²) in [6, 6.07) is 71.1. The van der Waals surface area contributed by atoms with Crippen LogP contribution in [0, 0.1) is 0 Å². The summed E-state index contributed by atoms with van der Waals surface area (Å²) in [5, 5.41) is 2.45. The third kappa shape index (κ3) is 5.97. The molecule has 1 aliphatic carbocycles. The summed E-state index contributed by atoms with van der Waals surface area (Å²) >= 11 is 0. The second-order valence-electron chi connectivity index (χ2n) is 16.0. The van der Waals surface area contributed by atoms with E-state index in [1.54, 1.807) is 0 Å².